The van der Waals surface area contributed by atoms with Crippen LogP contribution < -0.4 is 4.74 Å². The minimum absolute atomic E-state index is 0.00128. The maximum atomic E-state index is 12.2. The minimum atomic E-state index is -0.825. The topological polar surface area (TPSA) is 66.8 Å². The summed E-state index contributed by atoms with van der Waals surface area (Å²) in [5, 5.41) is 9.10. The third-order valence-corrected chi connectivity index (χ3v) is 4.41. The summed E-state index contributed by atoms with van der Waals surface area (Å²) in [5.41, 5.74) is 2.23. The van der Waals surface area contributed by atoms with Gasteiger partial charge in [-0.3, -0.25) is 9.59 Å². The van der Waals surface area contributed by atoms with Crippen LogP contribution in [-0.2, 0) is 9.59 Å². The van der Waals surface area contributed by atoms with E-state index in [2.05, 4.69) is 0 Å². The Balaban J connectivity index is 1.84. The molecule has 0 radical (unpaired) electrons. The second-order valence-electron chi connectivity index (χ2n) is 6.02. The molecule has 0 aromatic heterocycles. The molecular formula is C17H23NO4. The molecule has 0 saturated carbocycles. The predicted molar refractivity (Wildman–Crippen MR) is 82.9 cm³/mol. The summed E-state index contributed by atoms with van der Waals surface area (Å²) in [7, 11) is 0. The van der Waals surface area contributed by atoms with Crippen LogP contribution in [0.1, 0.15) is 24.5 Å². The highest BCUT2D eigenvalue weighted by Crippen LogP contribution is 2.24. The first-order valence-electron chi connectivity index (χ1n) is 7.59. The Morgan fingerprint density at radius 3 is 2.68 bits per heavy atom. The second kappa shape index (κ2) is 6.81. The largest absolute Gasteiger partial charge is 0.493 e. The van der Waals surface area contributed by atoms with Crippen molar-refractivity contribution in [1.82, 2.24) is 4.90 Å². The molecule has 0 bridgehead atoms. The highest BCUT2D eigenvalue weighted by Gasteiger charge is 2.36. The van der Waals surface area contributed by atoms with Gasteiger partial charge in [0.05, 0.1) is 18.9 Å². The fourth-order valence-corrected chi connectivity index (χ4v) is 2.78. The Morgan fingerprint density at radius 1 is 1.32 bits per heavy atom. The number of carbonyl (C=O) groups is 2. The Hall–Kier alpha value is -2.04. The smallest absolute Gasteiger partial charge is 0.308 e. The summed E-state index contributed by atoms with van der Waals surface area (Å²) in [6.45, 7) is 7.01. The molecule has 1 fully saturated rings. The maximum absolute atomic E-state index is 12.2. The SMILES string of the molecule is Cc1cccc(OCCC(=O)N2C[C@@H](C)[C@H](C(=O)O)C2)c1C. The zero-order valence-electron chi connectivity index (χ0n) is 13.3. The van der Waals surface area contributed by atoms with Gasteiger partial charge in [0.15, 0.2) is 0 Å². The van der Waals surface area contributed by atoms with Crippen LogP contribution in [0.4, 0.5) is 0 Å². The zero-order valence-corrected chi connectivity index (χ0v) is 13.3. The normalized spacial score (nSPS) is 21.0. The van der Waals surface area contributed by atoms with Crippen molar-refractivity contribution in [3.05, 3.63) is 29.3 Å². The molecule has 120 valence electrons. The van der Waals surface area contributed by atoms with Gasteiger partial charge in [0.25, 0.3) is 0 Å². The first-order chi connectivity index (χ1) is 10.4. The number of likely N-dealkylation sites (tertiary alicyclic amines) is 1. The van der Waals surface area contributed by atoms with Crippen LogP contribution in [0.5, 0.6) is 5.75 Å². The van der Waals surface area contributed by atoms with Gasteiger partial charge in [-0.15, -0.1) is 0 Å². The minimum Gasteiger partial charge on any atom is -0.493 e. The molecule has 1 N–H and O–H groups in total. The number of hydrogen-bond acceptors (Lipinski definition) is 3. The molecular weight excluding hydrogens is 282 g/mol. The number of aryl methyl sites for hydroxylation is 1. The Labute approximate surface area is 130 Å². The molecule has 1 heterocycles. The molecule has 2 rings (SSSR count). The molecule has 1 aromatic rings. The van der Waals surface area contributed by atoms with E-state index >= 15 is 0 Å². The molecule has 1 saturated heterocycles. The summed E-state index contributed by atoms with van der Waals surface area (Å²) in [5.74, 6) is -0.522. The molecule has 22 heavy (non-hydrogen) atoms. The number of benzene rings is 1. The zero-order chi connectivity index (χ0) is 16.3. The number of amides is 1. The van der Waals surface area contributed by atoms with Gasteiger partial charge in [-0.2, -0.15) is 0 Å². The standard InChI is InChI=1S/C17H23NO4/c1-11-5-4-6-15(13(11)3)22-8-7-16(19)18-9-12(2)14(10-18)17(20)21/h4-6,12,14H,7-10H2,1-3H3,(H,20,21)/t12-,14-/m1/s1. The predicted octanol–water partition coefficient (Wildman–Crippen LogP) is 2.25. The van der Waals surface area contributed by atoms with Crippen LogP contribution in [0.25, 0.3) is 0 Å². The first-order valence-corrected chi connectivity index (χ1v) is 7.59. The molecule has 1 amide bonds. The van der Waals surface area contributed by atoms with Crippen molar-refractivity contribution in [2.24, 2.45) is 11.8 Å². The van der Waals surface area contributed by atoms with Gasteiger partial charge in [-0.05, 0) is 37.0 Å². The van der Waals surface area contributed by atoms with E-state index in [0.29, 0.717) is 19.7 Å². The van der Waals surface area contributed by atoms with E-state index in [4.69, 9.17) is 9.84 Å². The lowest BCUT2D eigenvalue weighted by molar-refractivity contribution is -0.142. The van der Waals surface area contributed by atoms with Crippen molar-refractivity contribution < 1.29 is 19.4 Å². The number of aliphatic carboxylic acids is 1. The molecule has 1 aliphatic rings. The summed E-state index contributed by atoms with van der Waals surface area (Å²) in [4.78, 5) is 24.9. The van der Waals surface area contributed by atoms with E-state index in [9.17, 15) is 9.59 Å². The van der Waals surface area contributed by atoms with Gasteiger partial charge in [-0.25, -0.2) is 0 Å². The molecule has 1 aliphatic heterocycles. The van der Waals surface area contributed by atoms with Gasteiger partial charge in [0, 0.05) is 13.1 Å². The summed E-state index contributed by atoms with van der Waals surface area (Å²) in [6.07, 6.45) is 0.270. The van der Waals surface area contributed by atoms with Gasteiger partial charge < -0.3 is 14.7 Å². The van der Waals surface area contributed by atoms with Crippen molar-refractivity contribution in [1.29, 1.82) is 0 Å². The third-order valence-electron chi connectivity index (χ3n) is 4.41. The lowest BCUT2D eigenvalue weighted by atomic mass is 9.99. The first kappa shape index (κ1) is 16.3. The van der Waals surface area contributed by atoms with E-state index < -0.39 is 11.9 Å². The van der Waals surface area contributed by atoms with Crippen LogP contribution in [0.15, 0.2) is 18.2 Å². The van der Waals surface area contributed by atoms with Crippen molar-refractivity contribution in [3.8, 4) is 5.75 Å². The molecule has 2 atom stereocenters. The van der Waals surface area contributed by atoms with Crippen LogP contribution in [0.2, 0.25) is 0 Å². The fraction of sp³-hybridized carbons (Fsp3) is 0.529. The number of carbonyl (C=O) groups excluding carboxylic acids is 1. The monoisotopic (exact) mass is 305 g/mol. The van der Waals surface area contributed by atoms with Crippen molar-refractivity contribution in [2.45, 2.75) is 27.2 Å². The lowest BCUT2D eigenvalue weighted by Crippen LogP contribution is -2.30. The number of hydrogen-bond donors (Lipinski definition) is 1. The Kier molecular flexibility index (Phi) is 5.06. The highest BCUT2D eigenvalue weighted by molar-refractivity contribution is 5.79. The molecule has 5 heteroatoms. The van der Waals surface area contributed by atoms with E-state index in [0.717, 1.165) is 16.9 Å². The number of ether oxygens (including phenoxy) is 1. The van der Waals surface area contributed by atoms with Gasteiger partial charge in [-0.1, -0.05) is 19.1 Å². The molecule has 0 unspecified atom stereocenters. The second-order valence-corrected chi connectivity index (χ2v) is 6.02. The Morgan fingerprint density at radius 2 is 2.05 bits per heavy atom. The molecule has 0 aliphatic carbocycles. The molecule has 1 aromatic carbocycles. The van der Waals surface area contributed by atoms with E-state index in [-0.39, 0.29) is 18.2 Å². The van der Waals surface area contributed by atoms with E-state index in [1.165, 1.54) is 0 Å². The van der Waals surface area contributed by atoms with Gasteiger partial charge >= 0.3 is 5.97 Å². The summed E-state index contributed by atoms with van der Waals surface area (Å²) < 4.78 is 5.69. The van der Waals surface area contributed by atoms with Crippen LogP contribution in [0.3, 0.4) is 0 Å². The van der Waals surface area contributed by atoms with Crippen molar-refractivity contribution in [3.63, 3.8) is 0 Å². The van der Waals surface area contributed by atoms with Crippen LogP contribution in [0, 0.1) is 25.7 Å². The maximum Gasteiger partial charge on any atom is 0.308 e. The third kappa shape index (κ3) is 3.59. The van der Waals surface area contributed by atoms with Gasteiger partial charge in [0.2, 0.25) is 5.91 Å². The number of nitrogens with zero attached hydrogens (tertiary/aromatic N) is 1. The molecule has 5 nitrogen and oxygen atoms in total. The quantitative estimate of drug-likeness (QED) is 0.906. The number of rotatable bonds is 5. The summed E-state index contributed by atoms with van der Waals surface area (Å²) in [6, 6.07) is 5.84. The average molecular weight is 305 g/mol. The number of carboxylic acid groups (broad SMARTS) is 1. The number of carboxylic acids is 1. The fourth-order valence-electron chi connectivity index (χ4n) is 2.78. The Bertz CT molecular complexity index is 570. The summed E-state index contributed by atoms with van der Waals surface area (Å²) >= 11 is 0. The lowest BCUT2D eigenvalue weighted by Gasteiger charge is -2.16. The van der Waals surface area contributed by atoms with Crippen LogP contribution >= 0.6 is 0 Å². The molecule has 0 spiro atoms. The highest BCUT2D eigenvalue weighted by atomic mass is 16.5. The van der Waals surface area contributed by atoms with Crippen molar-refractivity contribution in [2.75, 3.05) is 19.7 Å². The van der Waals surface area contributed by atoms with E-state index in [1.54, 1.807) is 4.90 Å². The van der Waals surface area contributed by atoms with E-state index in [1.807, 2.05) is 39.0 Å². The average Bonchev–Trinajstić information content (AvgIpc) is 2.85. The van der Waals surface area contributed by atoms with Crippen molar-refractivity contribution >= 4 is 11.9 Å². The van der Waals surface area contributed by atoms with Gasteiger partial charge in [0.1, 0.15) is 5.75 Å². The van der Waals surface area contributed by atoms with Crippen LogP contribution in [-0.4, -0.2) is 41.6 Å².